The van der Waals surface area contributed by atoms with Gasteiger partial charge in [0, 0.05) is 63.5 Å². The van der Waals surface area contributed by atoms with Crippen LogP contribution in [-0.2, 0) is 11.3 Å². The quantitative estimate of drug-likeness (QED) is 0.658. The van der Waals surface area contributed by atoms with Crippen molar-refractivity contribution >= 4 is 11.7 Å². The third-order valence-electron chi connectivity index (χ3n) is 4.93. The summed E-state index contributed by atoms with van der Waals surface area (Å²) in [4.78, 5) is 33.0. The number of carbonyl (C=O) groups is 2. The van der Waals surface area contributed by atoms with Crippen molar-refractivity contribution in [2.24, 2.45) is 0 Å². The molecule has 1 aliphatic heterocycles. The van der Waals surface area contributed by atoms with E-state index in [0.29, 0.717) is 25.3 Å². The number of carbonyl (C=O) groups excluding carboxylic acids is 2. The highest BCUT2D eigenvalue weighted by Crippen LogP contribution is 2.15. The Morgan fingerprint density at radius 1 is 0.964 bits per heavy atom. The van der Waals surface area contributed by atoms with Gasteiger partial charge in [0.25, 0.3) is 0 Å². The lowest BCUT2D eigenvalue weighted by atomic mass is 10.1. The van der Waals surface area contributed by atoms with Crippen molar-refractivity contribution < 1.29 is 14.3 Å². The Balaban J connectivity index is 1.41. The minimum absolute atomic E-state index is 0.00674. The number of ketones is 1. The Bertz CT molecular complexity index is 769. The molecule has 0 unspecified atom stereocenters. The third kappa shape index (κ3) is 5.63. The van der Waals surface area contributed by atoms with Crippen LogP contribution in [0.1, 0.15) is 35.7 Å². The molecule has 1 saturated heterocycles. The van der Waals surface area contributed by atoms with Crippen LogP contribution in [0.15, 0.2) is 48.8 Å². The molecular weight excluding hydrogens is 354 g/mol. The maximum atomic E-state index is 12.5. The predicted octanol–water partition coefficient (Wildman–Crippen LogP) is 2.79. The summed E-state index contributed by atoms with van der Waals surface area (Å²) in [6.07, 6.45) is 4.10. The molecule has 1 aromatic heterocycles. The van der Waals surface area contributed by atoms with Gasteiger partial charge in [-0.3, -0.25) is 19.5 Å². The van der Waals surface area contributed by atoms with Gasteiger partial charge >= 0.3 is 0 Å². The fourth-order valence-electron chi connectivity index (χ4n) is 3.33. The van der Waals surface area contributed by atoms with Gasteiger partial charge in [0.1, 0.15) is 5.75 Å². The van der Waals surface area contributed by atoms with E-state index in [2.05, 4.69) is 9.88 Å². The van der Waals surface area contributed by atoms with Gasteiger partial charge in [0.2, 0.25) is 5.91 Å². The summed E-state index contributed by atoms with van der Waals surface area (Å²) in [6, 6.07) is 11.1. The Morgan fingerprint density at radius 2 is 1.64 bits per heavy atom. The molecule has 0 saturated carbocycles. The molecule has 2 aromatic rings. The molecule has 0 spiro atoms. The lowest BCUT2D eigenvalue weighted by molar-refractivity contribution is -0.132. The van der Waals surface area contributed by atoms with Gasteiger partial charge in [-0.15, -0.1) is 0 Å². The molecule has 0 bridgehead atoms. The largest absolute Gasteiger partial charge is 0.494 e. The van der Waals surface area contributed by atoms with E-state index in [1.807, 2.05) is 24.0 Å². The van der Waals surface area contributed by atoms with Crippen molar-refractivity contribution in [3.05, 3.63) is 59.9 Å². The first-order valence-corrected chi connectivity index (χ1v) is 9.81. The molecule has 1 aliphatic rings. The van der Waals surface area contributed by atoms with Crippen molar-refractivity contribution in [3.63, 3.8) is 0 Å². The lowest BCUT2D eigenvalue weighted by Gasteiger charge is -2.34. The molecule has 1 aromatic carbocycles. The number of Topliss-reactive ketones (excluding diaryl/α,β-unsaturated/α-hetero) is 1. The number of ether oxygens (including phenoxy) is 1. The van der Waals surface area contributed by atoms with Crippen molar-refractivity contribution in [3.8, 4) is 5.75 Å². The van der Waals surface area contributed by atoms with Crippen molar-refractivity contribution in [2.45, 2.75) is 26.3 Å². The summed E-state index contributed by atoms with van der Waals surface area (Å²) in [5.41, 5.74) is 1.86. The Hall–Kier alpha value is -2.73. The fraction of sp³-hybridized carbons (Fsp3) is 0.409. The zero-order valence-corrected chi connectivity index (χ0v) is 16.3. The van der Waals surface area contributed by atoms with Crippen molar-refractivity contribution in [1.29, 1.82) is 0 Å². The number of hydrogen-bond acceptors (Lipinski definition) is 5. The molecule has 6 heteroatoms. The fourth-order valence-corrected chi connectivity index (χ4v) is 3.33. The van der Waals surface area contributed by atoms with Crippen molar-refractivity contribution in [1.82, 2.24) is 14.8 Å². The molecule has 6 nitrogen and oxygen atoms in total. The van der Waals surface area contributed by atoms with Crippen LogP contribution in [0.5, 0.6) is 5.75 Å². The smallest absolute Gasteiger partial charge is 0.223 e. The van der Waals surface area contributed by atoms with E-state index in [4.69, 9.17) is 4.74 Å². The number of rotatable bonds is 8. The SMILES string of the molecule is CCOc1ccc(C(=O)CCC(=O)N2CCN(Cc3ccncc3)CC2)cc1. The average molecular weight is 381 g/mol. The summed E-state index contributed by atoms with van der Waals surface area (Å²) < 4.78 is 5.39. The van der Waals surface area contributed by atoms with E-state index in [1.165, 1.54) is 5.56 Å². The molecule has 2 heterocycles. The van der Waals surface area contributed by atoms with Crippen LogP contribution in [0.2, 0.25) is 0 Å². The van der Waals surface area contributed by atoms with E-state index in [0.717, 1.165) is 25.4 Å². The second-order valence-corrected chi connectivity index (χ2v) is 6.89. The Kier molecular flexibility index (Phi) is 7.14. The van der Waals surface area contributed by atoms with Crippen LogP contribution in [0, 0.1) is 0 Å². The monoisotopic (exact) mass is 381 g/mol. The van der Waals surface area contributed by atoms with Crippen LogP contribution in [0.25, 0.3) is 0 Å². The first kappa shape index (κ1) is 20.0. The Labute approximate surface area is 166 Å². The minimum Gasteiger partial charge on any atom is -0.494 e. The molecular formula is C22H27N3O3. The second-order valence-electron chi connectivity index (χ2n) is 6.89. The molecule has 0 aliphatic carbocycles. The van der Waals surface area contributed by atoms with Crippen molar-refractivity contribution in [2.75, 3.05) is 32.8 Å². The van der Waals surface area contributed by atoms with Crippen LogP contribution in [-0.4, -0.2) is 59.3 Å². The first-order valence-electron chi connectivity index (χ1n) is 9.81. The highest BCUT2D eigenvalue weighted by atomic mass is 16.5. The summed E-state index contributed by atoms with van der Waals surface area (Å²) in [5.74, 6) is 0.801. The molecule has 28 heavy (non-hydrogen) atoms. The van der Waals surface area contributed by atoms with Gasteiger partial charge in [0.15, 0.2) is 5.78 Å². The molecule has 0 radical (unpaired) electrons. The van der Waals surface area contributed by atoms with Gasteiger partial charge in [-0.05, 0) is 48.9 Å². The second kappa shape index (κ2) is 9.99. The van der Waals surface area contributed by atoms with E-state index in [-0.39, 0.29) is 24.5 Å². The highest BCUT2D eigenvalue weighted by Gasteiger charge is 2.21. The van der Waals surface area contributed by atoms with E-state index >= 15 is 0 Å². The van der Waals surface area contributed by atoms with Gasteiger partial charge in [0.05, 0.1) is 6.61 Å². The summed E-state index contributed by atoms with van der Waals surface area (Å²) in [6.45, 7) is 6.51. The van der Waals surface area contributed by atoms with E-state index < -0.39 is 0 Å². The number of nitrogens with zero attached hydrogens (tertiary/aromatic N) is 3. The standard InChI is InChI=1S/C22H27N3O3/c1-2-28-20-5-3-19(4-6-20)21(26)7-8-22(27)25-15-13-24(14-16-25)17-18-9-11-23-12-10-18/h3-6,9-12H,2,7-8,13-17H2,1H3. The molecule has 0 N–H and O–H groups in total. The molecule has 0 atom stereocenters. The summed E-state index contributed by atoms with van der Waals surface area (Å²) in [7, 11) is 0. The van der Waals surface area contributed by atoms with Crippen LogP contribution < -0.4 is 4.74 Å². The van der Waals surface area contributed by atoms with Crippen LogP contribution >= 0.6 is 0 Å². The van der Waals surface area contributed by atoms with E-state index in [1.54, 1.807) is 36.7 Å². The van der Waals surface area contributed by atoms with Gasteiger partial charge in [-0.2, -0.15) is 0 Å². The zero-order valence-electron chi connectivity index (χ0n) is 16.3. The number of pyridine rings is 1. The summed E-state index contributed by atoms with van der Waals surface area (Å²) in [5, 5.41) is 0. The van der Waals surface area contributed by atoms with Crippen LogP contribution in [0.4, 0.5) is 0 Å². The molecule has 1 fully saturated rings. The van der Waals surface area contributed by atoms with Gasteiger partial charge in [-0.25, -0.2) is 0 Å². The molecule has 148 valence electrons. The lowest BCUT2D eigenvalue weighted by Crippen LogP contribution is -2.48. The average Bonchev–Trinajstić information content (AvgIpc) is 2.74. The van der Waals surface area contributed by atoms with Gasteiger partial charge < -0.3 is 9.64 Å². The highest BCUT2D eigenvalue weighted by molar-refractivity contribution is 5.98. The number of hydrogen-bond donors (Lipinski definition) is 0. The minimum atomic E-state index is -0.00674. The number of piperazine rings is 1. The number of amides is 1. The maximum absolute atomic E-state index is 12.5. The first-order chi connectivity index (χ1) is 13.7. The van der Waals surface area contributed by atoms with Gasteiger partial charge in [-0.1, -0.05) is 0 Å². The number of benzene rings is 1. The maximum Gasteiger partial charge on any atom is 0.223 e. The normalized spacial score (nSPS) is 14.7. The third-order valence-corrected chi connectivity index (χ3v) is 4.93. The topological polar surface area (TPSA) is 62.7 Å². The molecule has 1 amide bonds. The Morgan fingerprint density at radius 3 is 2.29 bits per heavy atom. The van der Waals surface area contributed by atoms with Crippen LogP contribution in [0.3, 0.4) is 0 Å². The predicted molar refractivity (Wildman–Crippen MR) is 107 cm³/mol. The van der Waals surface area contributed by atoms with E-state index in [9.17, 15) is 9.59 Å². The summed E-state index contributed by atoms with van der Waals surface area (Å²) >= 11 is 0. The zero-order chi connectivity index (χ0) is 19.8. The number of aromatic nitrogens is 1. The molecule has 3 rings (SSSR count).